The number of thiazole rings is 1. The number of aryl methyl sites for hydroxylation is 1. The van der Waals surface area contributed by atoms with Crippen molar-refractivity contribution in [2.75, 3.05) is 18.0 Å². The SMILES string of the molecule is Cc1nc(N2CCC(C(C)(C)C)CC2)sc1CNC(C)C. The molecule has 2 rings (SSSR count). The van der Waals surface area contributed by atoms with E-state index in [4.69, 9.17) is 4.98 Å². The maximum absolute atomic E-state index is 4.80. The number of nitrogens with zero attached hydrogens (tertiary/aromatic N) is 2. The maximum atomic E-state index is 4.80. The zero-order valence-corrected chi connectivity index (χ0v) is 15.3. The van der Waals surface area contributed by atoms with Crippen LogP contribution in [0.25, 0.3) is 0 Å². The van der Waals surface area contributed by atoms with Gasteiger partial charge in [0, 0.05) is 30.6 Å². The summed E-state index contributed by atoms with van der Waals surface area (Å²) < 4.78 is 0. The predicted octanol–water partition coefficient (Wildman–Crippen LogP) is 4.21. The molecule has 1 aliphatic heterocycles. The van der Waals surface area contributed by atoms with Crippen LogP contribution in [0.3, 0.4) is 0 Å². The minimum Gasteiger partial charge on any atom is -0.348 e. The van der Waals surface area contributed by atoms with Crippen molar-refractivity contribution in [3.63, 3.8) is 0 Å². The van der Waals surface area contributed by atoms with Crippen molar-refractivity contribution in [2.24, 2.45) is 11.3 Å². The van der Waals surface area contributed by atoms with Gasteiger partial charge in [-0.2, -0.15) is 0 Å². The third-order valence-corrected chi connectivity index (χ3v) is 5.76. The van der Waals surface area contributed by atoms with Gasteiger partial charge in [0.15, 0.2) is 5.13 Å². The number of piperidine rings is 1. The van der Waals surface area contributed by atoms with Gasteiger partial charge in [0.25, 0.3) is 0 Å². The molecule has 3 nitrogen and oxygen atoms in total. The molecular formula is C17H31N3S. The van der Waals surface area contributed by atoms with Gasteiger partial charge >= 0.3 is 0 Å². The molecule has 1 aromatic heterocycles. The first kappa shape index (κ1) is 16.8. The molecule has 0 saturated carbocycles. The predicted molar refractivity (Wildman–Crippen MR) is 93.2 cm³/mol. The van der Waals surface area contributed by atoms with Crippen molar-refractivity contribution in [2.45, 2.75) is 67.0 Å². The monoisotopic (exact) mass is 309 g/mol. The Morgan fingerprint density at radius 2 is 1.90 bits per heavy atom. The first-order valence-electron chi connectivity index (χ1n) is 8.22. The molecule has 0 unspecified atom stereocenters. The smallest absolute Gasteiger partial charge is 0.185 e. The maximum Gasteiger partial charge on any atom is 0.185 e. The Hall–Kier alpha value is -0.610. The topological polar surface area (TPSA) is 28.2 Å². The number of hydrogen-bond acceptors (Lipinski definition) is 4. The van der Waals surface area contributed by atoms with E-state index in [1.54, 1.807) is 0 Å². The molecule has 1 saturated heterocycles. The van der Waals surface area contributed by atoms with E-state index in [0.29, 0.717) is 11.5 Å². The minimum absolute atomic E-state index is 0.442. The lowest BCUT2D eigenvalue weighted by Gasteiger charge is -2.38. The van der Waals surface area contributed by atoms with Crippen LogP contribution in [0.1, 0.15) is 58.0 Å². The molecule has 0 radical (unpaired) electrons. The van der Waals surface area contributed by atoms with Crippen LogP contribution in [0.5, 0.6) is 0 Å². The Balaban J connectivity index is 1.96. The van der Waals surface area contributed by atoms with Gasteiger partial charge in [0.1, 0.15) is 0 Å². The van der Waals surface area contributed by atoms with Gasteiger partial charge < -0.3 is 10.2 Å². The fourth-order valence-electron chi connectivity index (χ4n) is 2.95. The van der Waals surface area contributed by atoms with E-state index < -0.39 is 0 Å². The average Bonchev–Trinajstić information content (AvgIpc) is 2.77. The summed E-state index contributed by atoms with van der Waals surface area (Å²) in [6.07, 6.45) is 2.59. The summed E-state index contributed by atoms with van der Waals surface area (Å²) in [6, 6.07) is 0.525. The fraction of sp³-hybridized carbons (Fsp3) is 0.824. The lowest BCUT2D eigenvalue weighted by molar-refractivity contribution is 0.199. The van der Waals surface area contributed by atoms with E-state index >= 15 is 0 Å². The van der Waals surface area contributed by atoms with E-state index in [1.165, 1.54) is 28.5 Å². The number of nitrogens with one attached hydrogen (secondary N) is 1. The largest absolute Gasteiger partial charge is 0.348 e. The highest BCUT2D eigenvalue weighted by atomic mass is 32.1. The Labute approximate surface area is 134 Å². The summed E-state index contributed by atoms with van der Waals surface area (Å²) in [7, 11) is 0. The number of hydrogen-bond donors (Lipinski definition) is 1. The molecule has 2 heterocycles. The fourth-order valence-corrected chi connectivity index (χ4v) is 4.01. The van der Waals surface area contributed by atoms with E-state index in [-0.39, 0.29) is 0 Å². The highest BCUT2D eigenvalue weighted by Gasteiger charge is 2.29. The Bertz CT molecular complexity index is 451. The molecule has 0 bridgehead atoms. The van der Waals surface area contributed by atoms with Crippen LogP contribution in [0.15, 0.2) is 0 Å². The van der Waals surface area contributed by atoms with Crippen molar-refractivity contribution in [1.29, 1.82) is 0 Å². The molecule has 0 atom stereocenters. The van der Waals surface area contributed by atoms with Gasteiger partial charge in [0.05, 0.1) is 5.69 Å². The lowest BCUT2D eigenvalue weighted by atomic mass is 9.75. The normalized spacial score (nSPS) is 17.8. The van der Waals surface area contributed by atoms with Crippen LogP contribution in [-0.4, -0.2) is 24.1 Å². The van der Waals surface area contributed by atoms with Gasteiger partial charge in [0.2, 0.25) is 0 Å². The molecule has 120 valence electrons. The summed E-state index contributed by atoms with van der Waals surface area (Å²) in [5.74, 6) is 0.844. The zero-order chi connectivity index (χ0) is 15.6. The van der Waals surface area contributed by atoms with Crippen molar-refractivity contribution in [3.05, 3.63) is 10.6 Å². The first-order chi connectivity index (χ1) is 9.77. The second kappa shape index (κ2) is 6.66. The Kier molecular flexibility index (Phi) is 5.31. The third-order valence-electron chi connectivity index (χ3n) is 4.54. The molecular weight excluding hydrogens is 278 g/mol. The molecule has 1 N–H and O–H groups in total. The highest BCUT2D eigenvalue weighted by Crippen LogP contribution is 2.36. The van der Waals surface area contributed by atoms with Crippen LogP contribution in [-0.2, 0) is 6.54 Å². The second-order valence-corrected chi connectivity index (χ2v) is 8.73. The van der Waals surface area contributed by atoms with Gasteiger partial charge in [-0.15, -0.1) is 11.3 Å². The molecule has 0 spiro atoms. The lowest BCUT2D eigenvalue weighted by Crippen LogP contribution is -2.37. The number of aromatic nitrogens is 1. The molecule has 1 fully saturated rings. The molecule has 0 aliphatic carbocycles. The summed E-state index contributed by atoms with van der Waals surface area (Å²) >= 11 is 1.87. The highest BCUT2D eigenvalue weighted by molar-refractivity contribution is 7.15. The summed E-state index contributed by atoms with van der Waals surface area (Å²) in [6.45, 7) is 16.9. The van der Waals surface area contributed by atoms with Crippen LogP contribution in [0, 0.1) is 18.3 Å². The van der Waals surface area contributed by atoms with E-state index in [0.717, 1.165) is 25.6 Å². The van der Waals surface area contributed by atoms with Gasteiger partial charge in [-0.25, -0.2) is 4.98 Å². The van der Waals surface area contributed by atoms with Gasteiger partial charge in [-0.05, 0) is 31.1 Å². The first-order valence-corrected chi connectivity index (χ1v) is 9.03. The Morgan fingerprint density at radius 1 is 1.29 bits per heavy atom. The van der Waals surface area contributed by atoms with Crippen LogP contribution >= 0.6 is 11.3 Å². The summed E-state index contributed by atoms with van der Waals surface area (Å²) in [4.78, 5) is 8.67. The van der Waals surface area contributed by atoms with Crippen molar-refractivity contribution in [3.8, 4) is 0 Å². The van der Waals surface area contributed by atoms with E-state index in [9.17, 15) is 0 Å². The van der Waals surface area contributed by atoms with E-state index in [1.807, 2.05) is 11.3 Å². The number of rotatable bonds is 4. The average molecular weight is 310 g/mol. The quantitative estimate of drug-likeness (QED) is 0.903. The molecule has 1 aliphatic rings. The second-order valence-electron chi connectivity index (χ2n) is 7.67. The standard InChI is InChI=1S/C17H31N3S/c1-12(2)18-11-15-13(3)19-16(21-15)20-9-7-14(8-10-20)17(4,5)6/h12,14,18H,7-11H2,1-6H3. The minimum atomic E-state index is 0.442. The van der Waals surface area contributed by atoms with Crippen LogP contribution in [0.2, 0.25) is 0 Å². The Morgan fingerprint density at radius 3 is 2.43 bits per heavy atom. The van der Waals surface area contributed by atoms with Crippen LogP contribution in [0.4, 0.5) is 5.13 Å². The van der Waals surface area contributed by atoms with Crippen molar-refractivity contribution >= 4 is 16.5 Å². The van der Waals surface area contributed by atoms with Gasteiger partial charge in [-0.3, -0.25) is 0 Å². The third kappa shape index (κ3) is 4.43. The summed E-state index contributed by atoms with van der Waals surface area (Å²) in [5.41, 5.74) is 1.64. The summed E-state index contributed by atoms with van der Waals surface area (Å²) in [5, 5.41) is 4.72. The molecule has 0 amide bonds. The van der Waals surface area contributed by atoms with Crippen molar-refractivity contribution in [1.82, 2.24) is 10.3 Å². The number of anilines is 1. The molecule has 1 aromatic rings. The van der Waals surface area contributed by atoms with Crippen LogP contribution < -0.4 is 10.2 Å². The molecule has 0 aromatic carbocycles. The van der Waals surface area contributed by atoms with E-state index in [2.05, 4.69) is 51.8 Å². The van der Waals surface area contributed by atoms with Crippen molar-refractivity contribution < 1.29 is 0 Å². The van der Waals surface area contributed by atoms with Gasteiger partial charge in [-0.1, -0.05) is 34.6 Å². The zero-order valence-electron chi connectivity index (χ0n) is 14.5. The molecule has 4 heteroatoms. The molecule has 21 heavy (non-hydrogen) atoms.